The number of hydrogen-bond donors (Lipinski definition) is 1. The molecule has 136 valence electrons. The van der Waals surface area contributed by atoms with Gasteiger partial charge in [-0.15, -0.1) is 22.7 Å². The van der Waals surface area contributed by atoms with E-state index in [9.17, 15) is 14.4 Å². The third-order valence-electron chi connectivity index (χ3n) is 4.94. The molecule has 2 atom stereocenters. The van der Waals surface area contributed by atoms with Crippen LogP contribution < -0.4 is 4.90 Å². The molecule has 1 unspecified atom stereocenters. The second kappa shape index (κ2) is 6.94. The first-order chi connectivity index (χ1) is 12.6. The summed E-state index contributed by atoms with van der Waals surface area (Å²) in [5.74, 6) is -1.39. The first-order valence-electron chi connectivity index (χ1n) is 8.73. The van der Waals surface area contributed by atoms with Crippen molar-refractivity contribution in [1.82, 2.24) is 9.80 Å². The summed E-state index contributed by atoms with van der Waals surface area (Å²) in [6.07, 6.45) is 1.57. The van der Waals surface area contributed by atoms with Crippen molar-refractivity contribution in [3.8, 4) is 0 Å². The zero-order chi connectivity index (χ0) is 18.3. The third-order valence-corrected chi connectivity index (χ3v) is 6.88. The Kier molecular flexibility index (Phi) is 4.64. The van der Waals surface area contributed by atoms with Crippen molar-refractivity contribution >= 4 is 40.5 Å². The van der Waals surface area contributed by atoms with Gasteiger partial charge in [-0.3, -0.25) is 14.5 Å². The van der Waals surface area contributed by atoms with Crippen LogP contribution in [0.5, 0.6) is 0 Å². The van der Waals surface area contributed by atoms with Crippen molar-refractivity contribution < 1.29 is 19.3 Å². The molecule has 8 heteroatoms. The molecule has 4 heterocycles. The Hall–Kier alpha value is -2.03. The molecule has 1 fully saturated rings. The zero-order valence-corrected chi connectivity index (χ0v) is 16.1. The number of rotatable bonds is 5. The van der Waals surface area contributed by atoms with Gasteiger partial charge in [-0.05, 0) is 29.3 Å². The molecule has 26 heavy (non-hydrogen) atoms. The predicted molar refractivity (Wildman–Crippen MR) is 99.1 cm³/mol. The van der Waals surface area contributed by atoms with Crippen molar-refractivity contribution in [1.29, 1.82) is 0 Å². The molecule has 2 aromatic heterocycles. The molecule has 0 spiro atoms. The molecule has 2 aliphatic heterocycles. The Balaban J connectivity index is 1.62. The Morgan fingerprint density at radius 2 is 1.92 bits per heavy atom. The standard InChI is InChI=1S/C18H19N3O3S2/c1-2-7-20-16(22)17(23)21(18(20)24)11-19-8-5-13-12(6-10-26-13)15(19)14-4-3-9-25-14/h3-4,6,9-10,15H,2,5,7-8,11H2,1H3/p+1/t15-/m1/s1. The summed E-state index contributed by atoms with van der Waals surface area (Å²) >= 11 is 3.45. The van der Waals surface area contributed by atoms with Crippen LogP contribution in [-0.2, 0) is 16.0 Å². The van der Waals surface area contributed by atoms with Gasteiger partial charge in [0.1, 0.15) is 0 Å². The van der Waals surface area contributed by atoms with E-state index in [1.165, 1.54) is 15.3 Å². The van der Waals surface area contributed by atoms with Gasteiger partial charge in [0.05, 0.1) is 11.4 Å². The highest BCUT2D eigenvalue weighted by Gasteiger charge is 2.47. The van der Waals surface area contributed by atoms with Gasteiger partial charge in [0, 0.05) is 23.4 Å². The average Bonchev–Trinajstić information content (AvgIpc) is 3.36. The SMILES string of the molecule is CCCN1C(=O)C(=O)N(C[NH+]2CCc3sccc3[C@@H]2c2cccs2)C1=O. The number of quaternary nitrogens is 1. The number of amides is 4. The maximum atomic E-state index is 12.6. The lowest BCUT2D eigenvalue weighted by Crippen LogP contribution is -3.15. The minimum Gasteiger partial charge on any atom is -0.306 e. The van der Waals surface area contributed by atoms with Crippen molar-refractivity contribution in [2.24, 2.45) is 0 Å². The lowest BCUT2D eigenvalue weighted by Gasteiger charge is -2.33. The van der Waals surface area contributed by atoms with Crippen molar-refractivity contribution in [2.75, 3.05) is 19.8 Å². The van der Waals surface area contributed by atoms with E-state index in [0.717, 1.165) is 27.7 Å². The number of hydrogen-bond acceptors (Lipinski definition) is 5. The minimum absolute atomic E-state index is 0.0981. The molecule has 0 aromatic carbocycles. The fraction of sp³-hybridized carbons (Fsp3) is 0.389. The van der Waals surface area contributed by atoms with E-state index in [1.54, 1.807) is 22.7 Å². The number of nitrogens with one attached hydrogen (secondary N) is 1. The monoisotopic (exact) mass is 390 g/mol. The highest BCUT2D eigenvalue weighted by Crippen LogP contribution is 2.31. The van der Waals surface area contributed by atoms with Gasteiger partial charge in [0.2, 0.25) is 0 Å². The number of carbonyl (C=O) groups is 3. The van der Waals surface area contributed by atoms with Gasteiger partial charge in [0.25, 0.3) is 0 Å². The number of thiophene rings is 2. The van der Waals surface area contributed by atoms with Gasteiger partial charge < -0.3 is 4.90 Å². The highest BCUT2D eigenvalue weighted by atomic mass is 32.1. The first kappa shape index (κ1) is 17.4. The lowest BCUT2D eigenvalue weighted by molar-refractivity contribution is -0.934. The fourth-order valence-electron chi connectivity index (χ4n) is 3.74. The second-order valence-corrected chi connectivity index (χ2v) is 8.52. The van der Waals surface area contributed by atoms with Crippen LogP contribution in [0.3, 0.4) is 0 Å². The quantitative estimate of drug-likeness (QED) is 0.622. The topological polar surface area (TPSA) is 62.1 Å². The summed E-state index contributed by atoms with van der Waals surface area (Å²) < 4.78 is 0. The maximum absolute atomic E-state index is 12.6. The Morgan fingerprint density at radius 3 is 2.65 bits per heavy atom. The van der Waals surface area contributed by atoms with E-state index in [1.807, 2.05) is 18.4 Å². The van der Waals surface area contributed by atoms with Crippen LogP contribution in [0, 0.1) is 0 Å². The fourth-order valence-corrected chi connectivity index (χ4v) is 5.57. The van der Waals surface area contributed by atoms with Crippen LogP contribution in [0.4, 0.5) is 4.79 Å². The molecular formula is C18H20N3O3S2+. The van der Waals surface area contributed by atoms with Gasteiger partial charge >= 0.3 is 17.8 Å². The van der Waals surface area contributed by atoms with E-state index in [4.69, 9.17) is 0 Å². The molecule has 2 aliphatic rings. The van der Waals surface area contributed by atoms with Crippen LogP contribution in [0.1, 0.15) is 34.7 Å². The molecule has 2 aromatic rings. The van der Waals surface area contributed by atoms with Crippen LogP contribution >= 0.6 is 22.7 Å². The smallest absolute Gasteiger partial charge is 0.306 e. The number of urea groups is 1. The Morgan fingerprint density at radius 1 is 1.12 bits per heavy atom. The molecular weight excluding hydrogens is 370 g/mol. The molecule has 4 rings (SSSR count). The van der Waals surface area contributed by atoms with Crippen LogP contribution in [0.2, 0.25) is 0 Å². The molecule has 4 amide bonds. The first-order valence-corrected chi connectivity index (χ1v) is 10.5. The van der Waals surface area contributed by atoms with Crippen molar-refractivity contribution in [3.05, 3.63) is 44.3 Å². The summed E-state index contributed by atoms with van der Waals surface area (Å²) in [5.41, 5.74) is 1.27. The number of nitrogens with zero attached hydrogens (tertiary/aromatic N) is 2. The Labute approximate surface area is 159 Å². The van der Waals surface area contributed by atoms with Gasteiger partial charge in [-0.1, -0.05) is 13.0 Å². The van der Waals surface area contributed by atoms with E-state index in [2.05, 4.69) is 17.5 Å². The summed E-state index contributed by atoms with van der Waals surface area (Å²) in [4.78, 5) is 43.0. The predicted octanol–water partition coefficient (Wildman–Crippen LogP) is 1.50. The zero-order valence-electron chi connectivity index (χ0n) is 14.4. The van der Waals surface area contributed by atoms with Gasteiger partial charge in [-0.25, -0.2) is 9.69 Å². The molecule has 6 nitrogen and oxygen atoms in total. The normalized spacial score (nSPS) is 23.0. The summed E-state index contributed by atoms with van der Waals surface area (Å²) in [5, 5.41) is 4.15. The summed E-state index contributed by atoms with van der Waals surface area (Å²) in [6.45, 7) is 3.23. The van der Waals surface area contributed by atoms with Gasteiger partial charge in [-0.2, -0.15) is 0 Å². The van der Waals surface area contributed by atoms with Crippen LogP contribution in [-0.4, -0.2) is 47.4 Å². The van der Waals surface area contributed by atoms with E-state index >= 15 is 0 Å². The second-order valence-electron chi connectivity index (χ2n) is 6.54. The van der Waals surface area contributed by atoms with E-state index < -0.39 is 17.8 Å². The van der Waals surface area contributed by atoms with E-state index in [0.29, 0.717) is 6.42 Å². The third kappa shape index (κ3) is 2.78. The molecule has 1 N–H and O–H groups in total. The minimum atomic E-state index is -0.697. The number of carbonyl (C=O) groups excluding carboxylic acids is 3. The molecule has 0 saturated carbocycles. The van der Waals surface area contributed by atoms with Gasteiger partial charge in [0.15, 0.2) is 12.7 Å². The number of fused-ring (bicyclic) bond motifs is 1. The van der Waals surface area contributed by atoms with Crippen molar-refractivity contribution in [2.45, 2.75) is 25.8 Å². The largest absolute Gasteiger partial charge is 0.338 e. The lowest BCUT2D eigenvalue weighted by atomic mass is 9.99. The maximum Gasteiger partial charge on any atom is 0.338 e. The summed E-state index contributed by atoms with van der Waals surface area (Å²) in [6, 6.07) is 5.89. The van der Waals surface area contributed by atoms with E-state index in [-0.39, 0.29) is 19.3 Å². The molecule has 0 radical (unpaired) electrons. The highest BCUT2D eigenvalue weighted by molar-refractivity contribution is 7.10. The average molecular weight is 391 g/mol. The van der Waals surface area contributed by atoms with Crippen molar-refractivity contribution in [3.63, 3.8) is 0 Å². The van der Waals surface area contributed by atoms with Crippen LogP contribution in [0.15, 0.2) is 29.0 Å². The molecule has 0 bridgehead atoms. The Bertz CT molecular complexity index is 846. The molecule has 1 saturated heterocycles. The molecule has 0 aliphatic carbocycles. The van der Waals surface area contributed by atoms with Crippen LogP contribution in [0.25, 0.3) is 0 Å². The number of imide groups is 2. The summed E-state index contributed by atoms with van der Waals surface area (Å²) in [7, 11) is 0.